The van der Waals surface area contributed by atoms with Gasteiger partial charge in [0.15, 0.2) is 0 Å². The quantitative estimate of drug-likeness (QED) is 0.614. The summed E-state index contributed by atoms with van der Waals surface area (Å²) in [6, 6.07) is 0.0906. The Balaban J connectivity index is 4.02. The molecule has 0 aromatic heterocycles. The zero-order chi connectivity index (χ0) is 9.02. The molecule has 0 heterocycles. The average molecular weight is 159 g/mol. The maximum Gasteiger partial charge on any atom is 0.319 e. The molecule has 4 nitrogen and oxygen atoms in total. The molecule has 0 aromatic rings. The van der Waals surface area contributed by atoms with Crippen molar-refractivity contribution in [3.8, 4) is 0 Å². The topological polar surface area (TPSA) is 49.6 Å². The Morgan fingerprint density at radius 1 is 1.45 bits per heavy atom. The molecule has 0 saturated carbocycles. The van der Waals surface area contributed by atoms with Crippen molar-refractivity contribution in [2.75, 3.05) is 27.7 Å². The zero-order valence-corrected chi connectivity index (χ0v) is 7.66. The monoisotopic (exact) mass is 159 g/mol. The summed E-state index contributed by atoms with van der Waals surface area (Å²) in [7, 11) is 5.20. The largest absolute Gasteiger partial charge is 0.331 e. The average Bonchev–Trinajstić information content (AvgIpc) is 2.00. The molecule has 0 radical (unpaired) electrons. The molecular formula is C7H17N3O. The maximum atomic E-state index is 11.2. The van der Waals surface area contributed by atoms with Crippen molar-refractivity contribution >= 4 is 6.03 Å². The van der Waals surface area contributed by atoms with Gasteiger partial charge in [-0.25, -0.2) is 4.79 Å². The normalized spacial score (nSPS) is 12.5. The van der Waals surface area contributed by atoms with E-state index in [-0.39, 0.29) is 12.1 Å². The number of urea groups is 1. The lowest BCUT2D eigenvalue weighted by molar-refractivity contribution is 0.168. The number of rotatable bonds is 2. The number of hydrogen-bond donors (Lipinski definition) is 1. The minimum atomic E-state index is -0.0112. The third-order valence-corrected chi connectivity index (χ3v) is 1.69. The van der Waals surface area contributed by atoms with Crippen LogP contribution in [0, 0.1) is 0 Å². The van der Waals surface area contributed by atoms with Crippen LogP contribution in [0.4, 0.5) is 4.79 Å². The van der Waals surface area contributed by atoms with Crippen LogP contribution in [0.1, 0.15) is 6.92 Å². The molecule has 4 heteroatoms. The third kappa shape index (κ3) is 2.76. The van der Waals surface area contributed by atoms with Gasteiger partial charge in [-0.05, 0) is 6.92 Å². The lowest BCUT2D eigenvalue weighted by Gasteiger charge is -2.26. The van der Waals surface area contributed by atoms with Gasteiger partial charge in [-0.3, -0.25) is 0 Å². The fourth-order valence-corrected chi connectivity index (χ4v) is 0.662. The number of carbonyl (C=O) groups is 1. The summed E-state index contributed by atoms with van der Waals surface area (Å²) in [5.41, 5.74) is 5.40. The fraction of sp³-hybridized carbons (Fsp3) is 0.857. The Morgan fingerprint density at radius 3 is 2.18 bits per heavy atom. The Kier molecular flexibility index (Phi) is 3.89. The first-order chi connectivity index (χ1) is 5.00. The molecule has 2 N–H and O–H groups in total. The number of amides is 2. The lowest BCUT2D eigenvalue weighted by atomic mass is 10.3. The summed E-state index contributed by atoms with van der Waals surface area (Å²) in [6.45, 7) is 2.41. The van der Waals surface area contributed by atoms with Crippen LogP contribution >= 0.6 is 0 Å². The first kappa shape index (κ1) is 10.2. The standard InChI is InChI=1S/C7H17N3O/c1-6(5-8)10(4)7(11)9(2)3/h6H,5,8H2,1-4H3/t6-/m1/s1. The van der Waals surface area contributed by atoms with Gasteiger partial charge in [-0.1, -0.05) is 0 Å². The highest BCUT2D eigenvalue weighted by Gasteiger charge is 2.14. The molecule has 0 aliphatic heterocycles. The first-order valence-electron chi connectivity index (χ1n) is 3.65. The van der Waals surface area contributed by atoms with Crippen molar-refractivity contribution in [1.29, 1.82) is 0 Å². The van der Waals surface area contributed by atoms with E-state index >= 15 is 0 Å². The molecule has 0 bridgehead atoms. The first-order valence-corrected chi connectivity index (χ1v) is 3.65. The highest BCUT2D eigenvalue weighted by molar-refractivity contribution is 5.73. The van der Waals surface area contributed by atoms with Gasteiger partial charge in [0.1, 0.15) is 0 Å². The molecule has 0 aliphatic carbocycles. The summed E-state index contributed by atoms with van der Waals surface area (Å²) in [6.07, 6.45) is 0. The maximum absolute atomic E-state index is 11.2. The minimum Gasteiger partial charge on any atom is -0.331 e. The molecule has 0 fully saturated rings. The second kappa shape index (κ2) is 4.18. The molecular weight excluding hydrogens is 142 g/mol. The summed E-state index contributed by atoms with van der Waals surface area (Å²) < 4.78 is 0. The van der Waals surface area contributed by atoms with Crippen molar-refractivity contribution in [3.05, 3.63) is 0 Å². The number of carbonyl (C=O) groups excluding carboxylic acids is 1. The minimum absolute atomic E-state index is 0.0112. The van der Waals surface area contributed by atoms with E-state index in [1.807, 2.05) is 6.92 Å². The van der Waals surface area contributed by atoms with E-state index in [4.69, 9.17) is 5.73 Å². The van der Waals surface area contributed by atoms with Crippen LogP contribution in [0.2, 0.25) is 0 Å². The van der Waals surface area contributed by atoms with Crippen LogP contribution in [0.3, 0.4) is 0 Å². The van der Waals surface area contributed by atoms with E-state index in [0.29, 0.717) is 6.54 Å². The summed E-state index contributed by atoms with van der Waals surface area (Å²) in [4.78, 5) is 14.4. The second-order valence-corrected chi connectivity index (χ2v) is 2.87. The van der Waals surface area contributed by atoms with Crippen molar-refractivity contribution in [2.45, 2.75) is 13.0 Å². The van der Waals surface area contributed by atoms with Crippen LogP contribution in [-0.2, 0) is 0 Å². The molecule has 0 aromatic carbocycles. The van der Waals surface area contributed by atoms with Crippen LogP contribution in [0.5, 0.6) is 0 Å². The van der Waals surface area contributed by atoms with E-state index < -0.39 is 0 Å². The summed E-state index contributed by atoms with van der Waals surface area (Å²) in [5, 5.41) is 0. The highest BCUT2D eigenvalue weighted by atomic mass is 16.2. The lowest BCUT2D eigenvalue weighted by Crippen LogP contribution is -2.44. The van der Waals surface area contributed by atoms with Crippen molar-refractivity contribution in [2.24, 2.45) is 5.73 Å². The van der Waals surface area contributed by atoms with E-state index in [9.17, 15) is 4.79 Å². The fourth-order valence-electron chi connectivity index (χ4n) is 0.662. The Hall–Kier alpha value is -0.770. The molecule has 0 aliphatic rings. The molecule has 0 spiro atoms. The zero-order valence-electron chi connectivity index (χ0n) is 7.66. The van der Waals surface area contributed by atoms with Gasteiger partial charge < -0.3 is 15.5 Å². The van der Waals surface area contributed by atoms with E-state index in [0.717, 1.165) is 0 Å². The predicted octanol–water partition coefficient (Wildman–Crippen LogP) is -0.0530. The van der Waals surface area contributed by atoms with Gasteiger partial charge in [-0.15, -0.1) is 0 Å². The molecule has 11 heavy (non-hydrogen) atoms. The molecule has 1 atom stereocenters. The van der Waals surface area contributed by atoms with Gasteiger partial charge in [0.25, 0.3) is 0 Å². The SMILES string of the molecule is C[C@H](CN)N(C)C(=O)N(C)C. The molecule has 2 amide bonds. The molecule has 0 unspecified atom stereocenters. The van der Waals surface area contributed by atoms with Crippen molar-refractivity contribution < 1.29 is 4.79 Å². The Morgan fingerprint density at radius 2 is 1.91 bits per heavy atom. The molecule has 66 valence electrons. The summed E-state index contributed by atoms with van der Waals surface area (Å²) >= 11 is 0. The molecule has 0 saturated heterocycles. The van der Waals surface area contributed by atoms with Gasteiger partial charge in [-0.2, -0.15) is 0 Å². The number of hydrogen-bond acceptors (Lipinski definition) is 2. The van der Waals surface area contributed by atoms with E-state index in [1.165, 1.54) is 4.90 Å². The van der Waals surface area contributed by atoms with Crippen LogP contribution in [0.25, 0.3) is 0 Å². The van der Waals surface area contributed by atoms with Crippen molar-refractivity contribution in [3.63, 3.8) is 0 Å². The number of nitrogens with zero attached hydrogens (tertiary/aromatic N) is 2. The van der Waals surface area contributed by atoms with E-state index in [1.54, 1.807) is 26.0 Å². The Bertz CT molecular complexity index is 136. The van der Waals surface area contributed by atoms with Crippen LogP contribution in [0.15, 0.2) is 0 Å². The summed E-state index contributed by atoms with van der Waals surface area (Å²) in [5.74, 6) is 0. The predicted molar refractivity (Wildman–Crippen MR) is 45.4 cm³/mol. The number of nitrogens with two attached hydrogens (primary N) is 1. The second-order valence-electron chi connectivity index (χ2n) is 2.87. The van der Waals surface area contributed by atoms with Crippen molar-refractivity contribution in [1.82, 2.24) is 9.80 Å². The smallest absolute Gasteiger partial charge is 0.319 e. The number of likely N-dealkylation sites (N-methyl/N-ethyl adjacent to an activating group) is 1. The molecule has 0 rings (SSSR count). The van der Waals surface area contributed by atoms with Crippen LogP contribution in [-0.4, -0.2) is 49.6 Å². The highest BCUT2D eigenvalue weighted by Crippen LogP contribution is 1.96. The van der Waals surface area contributed by atoms with E-state index in [2.05, 4.69) is 0 Å². The third-order valence-electron chi connectivity index (χ3n) is 1.69. The van der Waals surface area contributed by atoms with Crippen LogP contribution < -0.4 is 5.73 Å². The van der Waals surface area contributed by atoms with Gasteiger partial charge in [0.05, 0.1) is 0 Å². The van der Waals surface area contributed by atoms with Gasteiger partial charge >= 0.3 is 6.03 Å². The van der Waals surface area contributed by atoms with Gasteiger partial charge in [0.2, 0.25) is 0 Å². The Labute approximate surface area is 67.9 Å². The van der Waals surface area contributed by atoms with Gasteiger partial charge in [0, 0.05) is 33.7 Å².